The highest BCUT2D eigenvalue weighted by atomic mass is 127. The number of rotatable bonds is 4. The topological polar surface area (TPSA) is 40.7 Å². The summed E-state index contributed by atoms with van der Waals surface area (Å²) in [4.78, 5) is 0. The maximum atomic E-state index is 4.18. The van der Waals surface area contributed by atoms with Crippen molar-refractivity contribution in [3.8, 4) is 11.3 Å². The average molecular weight is 389 g/mol. The lowest BCUT2D eigenvalue weighted by molar-refractivity contribution is 1.10. The van der Waals surface area contributed by atoms with Crippen LogP contribution in [0.2, 0.25) is 0 Å². The molecule has 0 unspecified atom stereocenters. The van der Waals surface area contributed by atoms with Crippen molar-refractivity contribution in [1.82, 2.24) is 10.2 Å². The minimum absolute atomic E-state index is 0.752. The first-order valence-electron chi connectivity index (χ1n) is 6.82. The molecule has 3 rings (SSSR count). The molecule has 106 valence electrons. The molecule has 1 heterocycles. The summed E-state index contributed by atoms with van der Waals surface area (Å²) in [6, 6.07) is 16.7. The van der Waals surface area contributed by atoms with Gasteiger partial charge in [0.1, 0.15) is 0 Å². The molecular formula is C17H16IN3. The van der Waals surface area contributed by atoms with Gasteiger partial charge in [0, 0.05) is 21.4 Å². The van der Waals surface area contributed by atoms with E-state index in [1.165, 1.54) is 14.7 Å². The molecule has 0 aliphatic rings. The second kappa shape index (κ2) is 6.30. The Morgan fingerprint density at radius 1 is 1.14 bits per heavy atom. The lowest BCUT2D eigenvalue weighted by Crippen LogP contribution is -2.01. The van der Waals surface area contributed by atoms with Crippen molar-refractivity contribution in [2.75, 3.05) is 5.32 Å². The van der Waals surface area contributed by atoms with Crippen LogP contribution < -0.4 is 5.32 Å². The maximum absolute atomic E-state index is 4.18. The van der Waals surface area contributed by atoms with Gasteiger partial charge in [0.15, 0.2) is 0 Å². The smallest absolute Gasteiger partial charge is 0.0700 e. The van der Waals surface area contributed by atoms with Gasteiger partial charge in [-0.3, -0.25) is 5.10 Å². The number of aromatic nitrogens is 2. The monoisotopic (exact) mass is 389 g/mol. The summed E-state index contributed by atoms with van der Waals surface area (Å²) in [6.45, 7) is 2.88. The molecule has 21 heavy (non-hydrogen) atoms. The first-order valence-corrected chi connectivity index (χ1v) is 7.89. The molecule has 0 amide bonds. The first kappa shape index (κ1) is 14.1. The summed E-state index contributed by atoms with van der Waals surface area (Å²) < 4.78 is 1.25. The molecule has 0 spiro atoms. The number of hydrogen-bond acceptors (Lipinski definition) is 2. The zero-order valence-corrected chi connectivity index (χ0v) is 13.9. The van der Waals surface area contributed by atoms with Crippen LogP contribution in [-0.2, 0) is 6.54 Å². The van der Waals surface area contributed by atoms with Crippen molar-refractivity contribution in [2.45, 2.75) is 13.5 Å². The van der Waals surface area contributed by atoms with E-state index in [2.05, 4.69) is 75.4 Å². The highest BCUT2D eigenvalue weighted by molar-refractivity contribution is 14.1. The van der Waals surface area contributed by atoms with E-state index in [1.54, 1.807) is 0 Å². The Morgan fingerprint density at radius 3 is 2.71 bits per heavy atom. The molecule has 4 heteroatoms. The molecule has 3 nitrogen and oxygen atoms in total. The van der Waals surface area contributed by atoms with Gasteiger partial charge in [0.25, 0.3) is 0 Å². The number of aryl methyl sites for hydroxylation is 1. The van der Waals surface area contributed by atoms with E-state index in [-0.39, 0.29) is 0 Å². The maximum Gasteiger partial charge on any atom is 0.0700 e. The summed E-state index contributed by atoms with van der Waals surface area (Å²) in [6.07, 6.45) is 1.89. The zero-order chi connectivity index (χ0) is 14.7. The van der Waals surface area contributed by atoms with Gasteiger partial charge in [0.2, 0.25) is 0 Å². The van der Waals surface area contributed by atoms with E-state index in [0.29, 0.717) is 0 Å². The molecule has 0 aliphatic carbocycles. The van der Waals surface area contributed by atoms with Crippen LogP contribution in [0, 0.1) is 10.5 Å². The van der Waals surface area contributed by atoms with Crippen LogP contribution in [-0.4, -0.2) is 10.2 Å². The molecule has 0 atom stereocenters. The highest BCUT2D eigenvalue weighted by Gasteiger charge is 2.07. The van der Waals surface area contributed by atoms with Crippen molar-refractivity contribution in [2.24, 2.45) is 0 Å². The quantitative estimate of drug-likeness (QED) is 0.641. The summed E-state index contributed by atoms with van der Waals surface area (Å²) in [5, 5.41) is 10.8. The van der Waals surface area contributed by atoms with Gasteiger partial charge in [-0.25, -0.2) is 0 Å². The first-order chi connectivity index (χ1) is 10.2. The van der Waals surface area contributed by atoms with Gasteiger partial charge >= 0.3 is 0 Å². The molecule has 2 N–H and O–H groups in total. The number of anilines is 1. The van der Waals surface area contributed by atoms with Gasteiger partial charge < -0.3 is 5.32 Å². The fraction of sp³-hybridized carbons (Fsp3) is 0.118. The highest BCUT2D eigenvalue weighted by Crippen LogP contribution is 2.23. The largest absolute Gasteiger partial charge is 0.381 e. The molecule has 0 bridgehead atoms. The Kier molecular flexibility index (Phi) is 4.24. The number of benzene rings is 2. The molecule has 0 fully saturated rings. The van der Waals surface area contributed by atoms with Crippen molar-refractivity contribution in [3.05, 3.63) is 69.4 Å². The lowest BCUT2D eigenvalue weighted by atomic mass is 10.1. The Morgan fingerprint density at radius 2 is 1.95 bits per heavy atom. The van der Waals surface area contributed by atoms with Crippen LogP contribution in [0.5, 0.6) is 0 Å². The van der Waals surface area contributed by atoms with Crippen molar-refractivity contribution in [3.63, 3.8) is 0 Å². The molecule has 1 aromatic heterocycles. The number of hydrogen-bond donors (Lipinski definition) is 2. The summed E-state index contributed by atoms with van der Waals surface area (Å²) in [7, 11) is 0. The summed E-state index contributed by atoms with van der Waals surface area (Å²) >= 11 is 2.33. The number of nitrogens with zero attached hydrogens (tertiary/aromatic N) is 1. The average Bonchev–Trinajstić information content (AvgIpc) is 2.96. The van der Waals surface area contributed by atoms with E-state index in [4.69, 9.17) is 0 Å². The zero-order valence-electron chi connectivity index (χ0n) is 11.7. The van der Waals surface area contributed by atoms with Gasteiger partial charge in [0.05, 0.1) is 11.9 Å². The van der Waals surface area contributed by atoms with Crippen LogP contribution in [0.3, 0.4) is 0 Å². The Balaban J connectivity index is 1.79. The van der Waals surface area contributed by atoms with Crippen molar-refractivity contribution < 1.29 is 0 Å². The third-order valence-corrected chi connectivity index (χ3v) is 4.11. The standard InChI is InChI=1S/C17H16IN3/c1-12-9-15(18)7-8-16(12)19-10-14-11-20-21-17(14)13-5-3-2-4-6-13/h2-9,11,19H,10H2,1H3,(H,20,21). The van der Waals surface area contributed by atoms with Crippen LogP contribution in [0.4, 0.5) is 5.69 Å². The Labute approximate surface area is 137 Å². The number of halogens is 1. The van der Waals surface area contributed by atoms with Crippen LogP contribution in [0.15, 0.2) is 54.7 Å². The van der Waals surface area contributed by atoms with E-state index in [0.717, 1.165) is 23.5 Å². The van der Waals surface area contributed by atoms with E-state index < -0.39 is 0 Å². The second-order valence-electron chi connectivity index (χ2n) is 4.95. The number of H-pyrrole nitrogens is 1. The minimum atomic E-state index is 0.752. The second-order valence-corrected chi connectivity index (χ2v) is 6.19. The predicted octanol–water partition coefficient (Wildman–Crippen LogP) is 4.60. The normalized spacial score (nSPS) is 10.6. The molecule has 3 aromatic rings. The fourth-order valence-electron chi connectivity index (χ4n) is 2.32. The van der Waals surface area contributed by atoms with E-state index in [1.807, 2.05) is 24.4 Å². The Bertz CT molecular complexity index is 735. The van der Waals surface area contributed by atoms with Crippen LogP contribution in [0.25, 0.3) is 11.3 Å². The Hall–Kier alpha value is -1.82. The van der Waals surface area contributed by atoms with E-state index in [9.17, 15) is 0 Å². The van der Waals surface area contributed by atoms with Crippen LogP contribution in [0.1, 0.15) is 11.1 Å². The van der Waals surface area contributed by atoms with Crippen molar-refractivity contribution in [1.29, 1.82) is 0 Å². The fourth-order valence-corrected chi connectivity index (χ4v) is 2.96. The summed E-state index contributed by atoms with van der Waals surface area (Å²) in [5.41, 5.74) is 5.82. The van der Waals surface area contributed by atoms with Gasteiger partial charge in [-0.15, -0.1) is 0 Å². The predicted molar refractivity (Wildman–Crippen MR) is 95.2 cm³/mol. The molecule has 0 radical (unpaired) electrons. The summed E-state index contributed by atoms with van der Waals surface area (Å²) in [5.74, 6) is 0. The molecule has 2 aromatic carbocycles. The number of aromatic amines is 1. The molecule has 0 saturated heterocycles. The molecule has 0 aliphatic heterocycles. The van der Waals surface area contributed by atoms with Crippen molar-refractivity contribution >= 4 is 28.3 Å². The van der Waals surface area contributed by atoms with Gasteiger partial charge in [-0.2, -0.15) is 5.10 Å². The lowest BCUT2D eigenvalue weighted by Gasteiger charge is -2.10. The third-order valence-electron chi connectivity index (χ3n) is 3.44. The molecule has 0 saturated carbocycles. The molecular weight excluding hydrogens is 373 g/mol. The minimum Gasteiger partial charge on any atom is -0.381 e. The third kappa shape index (κ3) is 3.26. The number of nitrogens with one attached hydrogen (secondary N) is 2. The SMILES string of the molecule is Cc1cc(I)ccc1NCc1cn[nH]c1-c1ccccc1. The van der Waals surface area contributed by atoms with E-state index >= 15 is 0 Å². The van der Waals surface area contributed by atoms with Crippen LogP contribution >= 0.6 is 22.6 Å². The van der Waals surface area contributed by atoms with Gasteiger partial charge in [-0.05, 0) is 58.8 Å². The van der Waals surface area contributed by atoms with Gasteiger partial charge in [-0.1, -0.05) is 30.3 Å².